The van der Waals surface area contributed by atoms with Gasteiger partial charge in [-0.25, -0.2) is 4.79 Å². The zero-order valence-corrected chi connectivity index (χ0v) is 18.0. The largest absolute Gasteiger partial charge is 0.460 e. The molecule has 0 N–H and O–H groups in total. The molecule has 6 heteroatoms. The zero-order chi connectivity index (χ0) is 22.1. The van der Waals surface area contributed by atoms with E-state index in [9.17, 15) is 9.59 Å². The topological polar surface area (TPSA) is 75.0 Å². The molecule has 5 rings (SSSR count). The molecule has 1 fully saturated rings. The van der Waals surface area contributed by atoms with E-state index in [-0.39, 0.29) is 36.0 Å². The number of para-hydroxylation sites is 1. The van der Waals surface area contributed by atoms with Gasteiger partial charge in [-0.05, 0) is 50.5 Å². The summed E-state index contributed by atoms with van der Waals surface area (Å²) in [7, 11) is 0. The van der Waals surface area contributed by atoms with Crippen molar-refractivity contribution in [3.8, 4) is 0 Å². The quantitative estimate of drug-likeness (QED) is 0.566. The Balaban J connectivity index is 1.20. The molecule has 4 atom stereocenters. The molecule has 0 spiro atoms. The summed E-state index contributed by atoms with van der Waals surface area (Å²) in [6.07, 6.45) is 2.23. The highest BCUT2D eigenvalue weighted by Gasteiger charge is 2.34. The van der Waals surface area contributed by atoms with E-state index in [0.29, 0.717) is 48.0 Å². The molecular weight excluding hydrogens is 408 g/mol. The number of rotatable bonds is 4. The minimum absolute atomic E-state index is 0.0610. The Kier molecular flexibility index (Phi) is 5.81. The maximum absolute atomic E-state index is 12.8. The number of ether oxygens (including phenoxy) is 3. The molecule has 0 amide bonds. The summed E-state index contributed by atoms with van der Waals surface area (Å²) in [6.45, 7) is 1.90. The van der Waals surface area contributed by atoms with Gasteiger partial charge in [-0.15, -0.1) is 0 Å². The van der Waals surface area contributed by atoms with Crippen molar-refractivity contribution in [2.24, 2.45) is 0 Å². The number of hydrogen-bond donors (Lipinski definition) is 0. The van der Waals surface area contributed by atoms with Crippen molar-refractivity contribution in [3.63, 3.8) is 0 Å². The second-order valence-corrected chi connectivity index (χ2v) is 8.49. The van der Waals surface area contributed by atoms with E-state index in [1.165, 1.54) is 0 Å². The highest BCUT2D eigenvalue weighted by molar-refractivity contribution is 5.89. The summed E-state index contributed by atoms with van der Waals surface area (Å²) in [4.78, 5) is 25.1. The van der Waals surface area contributed by atoms with Gasteiger partial charge in [-0.3, -0.25) is 4.79 Å². The fourth-order valence-corrected chi connectivity index (χ4v) is 4.55. The van der Waals surface area contributed by atoms with Crippen molar-refractivity contribution in [2.45, 2.75) is 63.6 Å². The summed E-state index contributed by atoms with van der Waals surface area (Å²) in [5.41, 5.74) is 1.97. The van der Waals surface area contributed by atoms with E-state index in [1.54, 1.807) is 12.1 Å². The van der Waals surface area contributed by atoms with Crippen LogP contribution in [-0.4, -0.2) is 30.6 Å². The summed E-state index contributed by atoms with van der Waals surface area (Å²) in [5, 5.41) is 0.631. The maximum atomic E-state index is 12.8. The van der Waals surface area contributed by atoms with Gasteiger partial charge in [-0.2, -0.15) is 0 Å². The fraction of sp³-hybridized carbons (Fsp3) is 0.385. The predicted octanol–water partition coefficient (Wildman–Crippen LogP) is 4.42. The van der Waals surface area contributed by atoms with E-state index < -0.39 is 0 Å². The number of hydrogen-bond acceptors (Lipinski definition) is 6. The Morgan fingerprint density at radius 1 is 1.00 bits per heavy atom. The van der Waals surface area contributed by atoms with Crippen LogP contribution in [0.2, 0.25) is 0 Å². The number of carbonyl (C=O) groups excluding carboxylic acids is 1. The van der Waals surface area contributed by atoms with Crippen LogP contribution < -0.4 is 5.43 Å². The van der Waals surface area contributed by atoms with Crippen molar-refractivity contribution >= 4 is 16.9 Å². The van der Waals surface area contributed by atoms with Crippen LogP contribution in [-0.2, 0) is 27.1 Å². The first-order chi connectivity index (χ1) is 15.6. The van der Waals surface area contributed by atoms with Crippen molar-refractivity contribution in [3.05, 3.63) is 81.7 Å². The molecule has 6 nitrogen and oxygen atoms in total. The normalized spacial score (nSPS) is 25.3. The first-order valence-corrected chi connectivity index (χ1v) is 11.2. The monoisotopic (exact) mass is 434 g/mol. The molecule has 2 aliphatic rings. The summed E-state index contributed by atoms with van der Waals surface area (Å²) in [6, 6.07) is 16.3. The summed E-state index contributed by atoms with van der Waals surface area (Å²) >= 11 is 0. The van der Waals surface area contributed by atoms with Crippen LogP contribution in [0.3, 0.4) is 0 Å². The van der Waals surface area contributed by atoms with Crippen molar-refractivity contribution in [1.82, 2.24) is 0 Å². The zero-order valence-electron chi connectivity index (χ0n) is 18.0. The van der Waals surface area contributed by atoms with Gasteiger partial charge in [0.25, 0.3) is 0 Å². The average Bonchev–Trinajstić information content (AvgIpc) is 2.81. The lowest BCUT2D eigenvalue weighted by atomic mass is 9.93. The lowest BCUT2D eigenvalue weighted by molar-refractivity contribution is -0.235. The molecule has 0 unspecified atom stereocenters. The molecule has 2 heterocycles. The molecule has 1 aliphatic carbocycles. The Hall–Kier alpha value is -2.96. The minimum Gasteiger partial charge on any atom is -0.460 e. The summed E-state index contributed by atoms with van der Waals surface area (Å²) in [5.74, 6) is 0.375. The minimum atomic E-state index is -0.365. The average molecular weight is 434 g/mol. The standard InChI is InChI=1S/C26H26O6/c1-16-21(32-26(28)17-7-3-2-4-8-17)13-14-24(29-16)30-18-11-12-20-23(15-18)31-22-10-6-5-9-19(22)25(20)27/h2-10,16,18,21,24H,11-15H2,1H3/t16-,18-,21+,24+/m1/s1. The first-order valence-electron chi connectivity index (χ1n) is 11.2. The van der Waals surface area contributed by atoms with Gasteiger partial charge in [-0.1, -0.05) is 30.3 Å². The van der Waals surface area contributed by atoms with Crippen molar-refractivity contribution < 1.29 is 23.4 Å². The number of esters is 1. The van der Waals surface area contributed by atoms with Crippen LogP contribution in [0.15, 0.2) is 63.8 Å². The number of carbonyl (C=O) groups is 1. The molecular formula is C26H26O6. The van der Waals surface area contributed by atoms with Gasteiger partial charge in [0.2, 0.25) is 0 Å². The van der Waals surface area contributed by atoms with Gasteiger partial charge >= 0.3 is 5.97 Å². The fourth-order valence-electron chi connectivity index (χ4n) is 4.55. The Morgan fingerprint density at radius 2 is 1.78 bits per heavy atom. The van der Waals surface area contributed by atoms with Crippen LogP contribution in [0, 0.1) is 0 Å². The molecule has 1 saturated heterocycles. The molecule has 1 aliphatic heterocycles. The van der Waals surface area contributed by atoms with Gasteiger partial charge in [0.15, 0.2) is 11.7 Å². The van der Waals surface area contributed by atoms with Crippen LogP contribution >= 0.6 is 0 Å². The number of fused-ring (bicyclic) bond motifs is 2. The van der Waals surface area contributed by atoms with Crippen molar-refractivity contribution in [1.29, 1.82) is 0 Å². The number of benzene rings is 2. The van der Waals surface area contributed by atoms with Crippen LogP contribution in [0.25, 0.3) is 11.0 Å². The molecule has 0 radical (unpaired) electrons. The Morgan fingerprint density at radius 3 is 2.59 bits per heavy atom. The molecule has 32 heavy (non-hydrogen) atoms. The third kappa shape index (κ3) is 4.20. The lowest BCUT2D eigenvalue weighted by Crippen LogP contribution is -2.42. The molecule has 0 bridgehead atoms. The third-order valence-corrected chi connectivity index (χ3v) is 6.29. The van der Waals surface area contributed by atoms with E-state index in [0.717, 1.165) is 12.0 Å². The van der Waals surface area contributed by atoms with E-state index >= 15 is 0 Å². The molecule has 2 aromatic carbocycles. The maximum Gasteiger partial charge on any atom is 0.338 e. The highest BCUT2D eigenvalue weighted by atomic mass is 16.7. The summed E-state index contributed by atoms with van der Waals surface area (Å²) < 4.78 is 23.9. The SMILES string of the molecule is C[C@H]1O[C@@H](O[C@@H]2CCc3c(oc4ccccc4c3=O)C2)CC[C@@H]1OC(=O)c1ccccc1. The van der Waals surface area contributed by atoms with Crippen molar-refractivity contribution in [2.75, 3.05) is 0 Å². The second-order valence-electron chi connectivity index (χ2n) is 8.49. The predicted molar refractivity (Wildman–Crippen MR) is 119 cm³/mol. The molecule has 1 aromatic heterocycles. The van der Waals surface area contributed by atoms with E-state index in [2.05, 4.69) is 0 Å². The van der Waals surface area contributed by atoms with Crippen LogP contribution in [0.1, 0.15) is 47.9 Å². The Labute approximate surface area is 186 Å². The van der Waals surface area contributed by atoms with E-state index in [1.807, 2.05) is 49.4 Å². The van der Waals surface area contributed by atoms with Crippen LogP contribution in [0.5, 0.6) is 0 Å². The van der Waals surface area contributed by atoms with E-state index in [4.69, 9.17) is 18.6 Å². The molecule has 3 aromatic rings. The third-order valence-electron chi connectivity index (χ3n) is 6.29. The van der Waals surface area contributed by atoms with Crippen LogP contribution in [0.4, 0.5) is 0 Å². The van der Waals surface area contributed by atoms with Gasteiger partial charge in [0.05, 0.1) is 23.2 Å². The van der Waals surface area contributed by atoms with Gasteiger partial charge in [0.1, 0.15) is 17.4 Å². The Bertz CT molecular complexity index is 1170. The van der Waals surface area contributed by atoms with Gasteiger partial charge in [0, 0.05) is 18.4 Å². The van der Waals surface area contributed by atoms with Gasteiger partial charge < -0.3 is 18.6 Å². The second kappa shape index (κ2) is 8.88. The smallest absolute Gasteiger partial charge is 0.338 e. The first kappa shape index (κ1) is 20.9. The molecule has 166 valence electrons. The molecule has 0 saturated carbocycles. The highest BCUT2D eigenvalue weighted by Crippen LogP contribution is 2.29. The lowest BCUT2D eigenvalue weighted by Gasteiger charge is -2.36.